The molecule has 0 saturated heterocycles. The molecule has 2 nitrogen and oxygen atoms in total. The van der Waals surface area contributed by atoms with Gasteiger partial charge in [0, 0.05) is 43.3 Å². The molecule has 7 aromatic rings. The summed E-state index contributed by atoms with van der Waals surface area (Å²) >= 11 is 2.06. The van der Waals surface area contributed by atoms with Crippen LogP contribution in [0, 0.1) is 6.92 Å². The van der Waals surface area contributed by atoms with Crippen molar-refractivity contribution in [1.29, 1.82) is 0 Å². The van der Waals surface area contributed by atoms with Gasteiger partial charge in [-0.15, -0.1) is 11.3 Å². The van der Waals surface area contributed by atoms with E-state index in [2.05, 4.69) is 219 Å². The van der Waals surface area contributed by atoms with Crippen molar-refractivity contribution < 1.29 is 0 Å². The summed E-state index contributed by atoms with van der Waals surface area (Å²) in [5.41, 5.74) is 22.2. The van der Waals surface area contributed by atoms with Gasteiger partial charge in [0.05, 0.1) is 5.69 Å². The average Bonchev–Trinajstić information content (AvgIpc) is 3.61. The zero-order chi connectivity index (χ0) is 44.2. The Morgan fingerprint density at radius 2 is 1.08 bits per heavy atom. The summed E-state index contributed by atoms with van der Waals surface area (Å²) in [5.74, 6) is 0. The van der Waals surface area contributed by atoms with Gasteiger partial charge >= 0.3 is 0 Å². The fourth-order valence-electron chi connectivity index (χ4n) is 11.8. The second-order valence-corrected chi connectivity index (χ2v) is 24.3. The molecular weight excluding hydrogens is 780 g/mol. The minimum atomic E-state index is 0.0612. The van der Waals surface area contributed by atoms with Crippen LogP contribution in [0.4, 0.5) is 34.1 Å². The fraction of sp³-hybridized carbons (Fsp3) is 0.356. The lowest BCUT2D eigenvalue weighted by Crippen LogP contribution is -2.61. The van der Waals surface area contributed by atoms with Gasteiger partial charge in [-0.25, -0.2) is 0 Å². The molecule has 2 aliphatic heterocycles. The highest BCUT2D eigenvalue weighted by Crippen LogP contribution is 2.54. The number of hydrogen-bond acceptors (Lipinski definition) is 3. The predicted molar refractivity (Wildman–Crippen MR) is 275 cm³/mol. The van der Waals surface area contributed by atoms with Crippen LogP contribution >= 0.6 is 11.3 Å². The highest BCUT2D eigenvalue weighted by Gasteiger charge is 2.48. The zero-order valence-corrected chi connectivity index (χ0v) is 40.5. The Balaban J connectivity index is 1.26. The van der Waals surface area contributed by atoms with Crippen molar-refractivity contribution in [1.82, 2.24) is 0 Å². The fourth-order valence-corrected chi connectivity index (χ4v) is 13.2. The molecule has 2 aliphatic carbocycles. The Morgan fingerprint density at radius 1 is 0.524 bits per heavy atom. The van der Waals surface area contributed by atoms with E-state index in [4.69, 9.17) is 0 Å². The molecule has 63 heavy (non-hydrogen) atoms. The van der Waals surface area contributed by atoms with Crippen molar-refractivity contribution in [2.75, 3.05) is 9.80 Å². The number of rotatable bonds is 3. The third kappa shape index (κ3) is 6.17. The van der Waals surface area contributed by atoms with E-state index in [1.165, 1.54) is 130 Å². The van der Waals surface area contributed by atoms with E-state index in [1.54, 1.807) is 0 Å². The van der Waals surface area contributed by atoms with Crippen LogP contribution in [0.3, 0.4) is 0 Å². The van der Waals surface area contributed by atoms with Gasteiger partial charge < -0.3 is 9.80 Å². The molecule has 0 amide bonds. The lowest BCUT2D eigenvalue weighted by molar-refractivity contribution is 0.332. The van der Waals surface area contributed by atoms with Crippen LogP contribution in [-0.2, 0) is 27.1 Å². The molecule has 0 bridgehead atoms. The maximum atomic E-state index is 2.69. The first-order valence-electron chi connectivity index (χ1n) is 23.5. The van der Waals surface area contributed by atoms with Crippen LogP contribution in [0.1, 0.15) is 135 Å². The SMILES string of the molecule is Cc1cc2c3c(c1)N(c1ccc(C(C)(C)C)cc1)c1c(sc4cc5c(cc14)C(C)(C)CCC5(C)C)B3c1cc3c(cc1N2c1cccc(-c2ccccc2)c1)C(C)(C)CCC3(C)C. The average molecular weight is 843 g/mol. The van der Waals surface area contributed by atoms with Crippen LogP contribution in [0.25, 0.3) is 21.2 Å². The van der Waals surface area contributed by atoms with Gasteiger partial charge in [0.2, 0.25) is 0 Å². The van der Waals surface area contributed by atoms with Crippen molar-refractivity contribution in [2.24, 2.45) is 0 Å². The zero-order valence-electron chi connectivity index (χ0n) is 39.7. The summed E-state index contributed by atoms with van der Waals surface area (Å²) in [7, 11) is 0. The number of aryl methyl sites for hydroxylation is 1. The van der Waals surface area contributed by atoms with Crippen molar-refractivity contribution in [3.05, 3.63) is 149 Å². The van der Waals surface area contributed by atoms with Gasteiger partial charge in [0.1, 0.15) is 0 Å². The van der Waals surface area contributed by atoms with Crippen LogP contribution in [0.5, 0.6) is 0 Å². The van der Waals surface area contributed by atoms with E-state index in [0.29, 0.717) is 0 Å². The first kappa shape index (κ1) is 40.7. The third-order valence-corrected chi connectivity index (χ3v) is 17.2. The van der Waals surface area contributed by atoms with E-state index >= 15 is 0 Å². The van der Waals surface area contributed by atoms with Crippen molar-refractivity contribution >= 4 is 78.0 Å². The van der Waals surface area contributed by atoms with E-state index in [-0.39, 0.29) is 33.8 Å². The van der Waals surface area contributed by atoms with Crippen LogP contribution in [0.2, 0.25) is 0 Å². The van der Waals surface area contributed by atoms with Crippen LogP contribution in [-0.4, -0.2) is 6.71 Å². The molecule has 0 saturated carbocycles. The normalized spacial score (nSPS) is 18.6. The van der Waals surface area contributed by atoms with E-state index in [1.807, 2.05) is 0 Å². The Bertz CT molecular complexity index is 3010. The van der Waals surface area contributed by atoms with Gasteiger partial charge in [-0.1, -0.05) is 137 Å². The number of anilines is 6. The second-order valence-electron chi connectivity index (χ2n) is 23.2. The first-order chi connectivity index (χ1) is 29.7. The standard InChI is InChI=1S/C59H63BN2S/c1-36-29-49-52-50(30-36)62(40-23-21-39(22-24-40)55(2,3)4)53-42-32-43-46(59(11,12)28-25-56(43,5)6)35-51(42)63-54(53)60(52)47-33-44-45(58(9,10)27-26-57(44,7)8)34-48(47)61(49)41-20-16-19-38(31-41)37-17-14-13-15-18-37/h13-24,29-35H,25-28H2,1-12H3. The summed E-state index contributed by atoms with van der Waals surface area (Å²) < 4.78 is 2.87. The minimum absolute atomic E-state index is 0.0612. The Hall–Kier alpha value is -5.06. The van der Waals surface area contributed by atoms with Gasteiger partial charge in [0.25, 0.3) is 6.71 Å². The number of nitrogens with zero attached hydrogens (tertiary/aromatic N) is 2. The highest BCUT2D eigenvalue weighted by molar-refractivity contribution is 7.33. The molecular formula is C59H63BN2S. The van der Waals surface area contributed by atoms with Crippen molar-refractivity contribution in [3.8, 4) is 11.1 Å². The lowest BCUT2D eigenvalue weighted by atomic mass is 9.35. The molecule has 0 fully saturated rings. The molecule has 4 aliphatic rings. The molecule has 318 valence electrons. The summed E-state index contributed by atoms with van der Waals surface area (Å²) in [6, 6.07) is 45.3. The van der Waals surface area contributed by atoms with Gasteiger partial charge in [-0.3, -0.25) is 0 Å². The van der Waals surface area contributed by atoms with Gasteiger partial charge in [-0.2, -0.15) is 0 Å². The summed E-state index contributed by atoms with van der Waals surface area (Å²) in [6.45, 7) is 29.2. The molecule has 0 atom stereocenters. The lowest BCUT2D eigenvalue weighted by Gasteiger charge is -2.47. The van der Waals surface area contributed by atoms with E-state index < -0.39 is 0 Å². The Morgan fingerprint density at radius 3 is 1.70 bits per heavy atom. The molecule has 0 N–H and O–H groups in total. The number of thiophene rings is 1. The summed E-state index contributed by atoms with van der Waals surface area (Å²) in [4.78, 5) is 5.32. The van der Waals surface area contributed by atoms with E-state index in [9.17, 15) is 0 Å². The molecule has 1 aromatic heterocycles. The maximum Gasteiger partial charge on any atom is 0.264 e. The van der Waals surface area contributed by atoms with Gasteiger partial charge in [0.15, 0.2) is 0 Å². The number of hydrogen-bond donors (Lipinski definition) is 0. The monoisotopic (exact) mass is 842 g/mol. The number of fused-ring (bicyclic) bond motifs is 8. The maximum absolute atomic E-state index is 2.69. The largest absolute Gasteiger partial charge is 0.311 e. The number of benzene rings is 6. The second kappa shape index (κ2) is 13.5. The third-order valence-electron chi connectivity index (χ3n) is 16.0. The molecule has 6 aromatic carbocycles. The smallest absolute Gasteiger partial charge is 0.264 e. The van der Waals surface area contributed by atoms with Crippen LogP contribution < -0.4 is 25.5 Å². The molecule has 0 radical (unpaired) electrons. The predicted octanol–water partition coefficient (Wildman–Crippen LogP) is 15.0. The quantitative estimate of drug-likeness (QED) is 0.164. The van der Waals surface area contributed by atoms with E-state index in [0.717, 1.165) is 0 Å². The molecule has 4 heteroatoms. The Kier molecular flexibility index (Phi) is 8.72. The Labute approximate surface area is 381 Å². The van der Waals surface area contributed by atoms with Crippen LogP contribution in [0.15, 0.2) is 115 Å². The first-order valence-corrected chi connectivity index (χ1v) is 24.4. The highest BCUT2D eigenvalue weighted by atomic mass is 32.1. The van der Waals surface area contributed by atoms with Gasteiger partial charge in [-0.05, 0) is 170 Å². The minimum Gasteiger partial charge on any atom is -0.311 e. The topological polar surface area (TPSA) is 6.48 Å². The molecule has 0 spiro atoms. The molecule has 11 rings (SSSR count). The molecule has 0 unspecified atom stereocenters. The summed E-state index contributed by atoms with van der Waals surface area (Å²) in [6.07, 6.45) is 4.77. The van der Waals surface area contributed by atoms with Crippen molar-refractivity contribution in [2.45, 2.75) is 136 Å². The summed E-state index contributed by atoms with van der Waals surface area (Å²) in [5, 5.41) is 1.40. The van der Waals surface area contributed by atoms with Crippen molar-refractivity contribution in [3.63, 3.8) is 0 Å². The molecule has 3 heterocycles.